The molecule has 0 radical (unpaired) electrons. The van der Waals surface area contributed by atoms with E-state index in [0.29, 0.717) is 37.9 Å². The molecule has 1 heterocycles. The van der Waals surface area contributed by atoms with Crippen molar-refractivity contribution in [2.24, 2.45) is 0 Å². The lowest BCUT2D eigenvalue weighted by atomic mass is 10.1. The first-order valence-electron chi connectivity index (χ1n) is 15.8. The van der Waals surface area contributed by atoms with E-state index in [1.807, 2.05) is 16.7 Å². The number of fused-ring (bicyclic) bond motifs is 1. The fourth-order valence-electron chi connectivity index (χ4n) is 4.72. The zero-order chi connectivity index (χ0) is 27.4. The highest BCUT2D eigenvalue weighted by Gasteiger charge is 2.20. The van der Waals surface area contributed by atoms with Gasteiger partial charge in [0.25, 0.3) is 5.56 Å². The molecular formula is C33H55NO4. The molecule has 216 valence electrons. The standard InChI is InChI=1S/C33H55NO4/c1-5-9-13-15-17-19-23-34-30-27-28(36-26-20-18-16-14-10-6-2)21-22-29(30)31(37-24-11-7-3)32(33(34)35)38-25-12-8-4/h21-22,27H,5-20,23-26H2,1-4H3. The highest BCUT2D eigenvalue weighted by atomic mass is 16.5. The average molecular weight is 530 g/mol. The number of ether oxygens (including phenoxy) is 3. The third kappa shape index (κ3) is 10.9. The number of aromatic nitrogens is 1. The van der Waals surface area contributed by atoms with Crippen LogP contribution < -0.4 is 19.8 Å². The van der Waals surface area contributed by atoms with Gasteiger partial charge < -0.3 is 18.8 Å². The summed E-state index contributed by atoms with van der Waals surface area (Å²) in [4.78, 5) is 13.8. The monoisotopic (exact) mass is 529 g/mol. The summed E-state index contributed by atoms with van der Waals surface area (Å²) >= 11 is 0. The highest BCUT2D eigenvalue weighted by Crippen LogP contribution is 2.35. The van der Waals surface area contributed by atoms with Crippen LogP contribution in [0, 0.1) is 0 Å². The smallest absolute Gasteiger partial charge is 0.297 e. The van der Waals surface area contributed by atoms with E-state index in [2.05, 4.69) is 33.8 Å². The molecule has 0 amide bonds. The number of rotatable bonds is 23. The van der Waals surface area contributed by atoms with E-state index in [9.17, 15) is 4.79 Å². The van der Waals surface area contributed by atoms with Gasteiger partial charge in [0.1, 0.15) is 5.75 Å². The Balaban J connectivity index is 2.32. The van der Waals surface area contributed by atoms with Crippen molar-refractivity contribution >= 4 is 10.9 Å². The molecule has 0 unspecified atom stereocenters. The van der Waals surface area contributed by atoms with Crippen LogP contribution in [0.3, 0.4) is 0 Å². The molecule has 0 aliphatic heterocycles. The van der Waals surface area contributed by atoms with Gasteiger partial charge in [-0.2, -0.15) is 0 Å². The molecule has 1 aromatic carbocycles. The van der Waals surface area contributed by atoms with Gasteiger partial charge in [-0.15, -0.1) is 0 Å². The van der Waals surface area contributed by atoms with Crippen LogP contribution in [0.4, 0.5) is 0 Å². The predicted octanol–water partition coefficient (Wildman–Crippen LogP) is 9.46. The minimum atomic E-state index is -0.0817. The third-order valence-electron chi connectivity index (χ3n) is 7.14. The van der Waals surface area contributed by atoms with Crippen LogP contribution in [-0.4, -0.2) is 24.4 Å². The number of unbranched alkanes of at least 4 members (excludes halogenated alkanes) is 12. The van der Waals surface area contributed by atoms with Gasteiger partial charge in [0.05, 0.1) is 25.3 Å². The quantitative estimate of drug-likeness (QED) is 0.135. The van der Waals surface area contributed by atoms with Gasteiger partial charge in [0, 0.05) is 18.0 Å². The summed E-state index contributed by atoms with van der Waals surface area (Å²) in [6.07, 6.45) is 18.4. The molecular weight excluding hydrogens is 474 g/mol. The molecule has 0 atom stereocenters. The maximum atomic E-state index is 13.8. The molecule has 0 aliphatic carbocycles. The molecule has 0 bridgehead atoms. The summed E-state index contributed by atoms with van der Waals surface area (Å²) in [5.41, 5.74) is 0.806. The Kier molecular flexibility index (Phi) is 16.7. The molecule has 2 rings (SSSR count). The summed E-state index contributed by atoms with van der Waals surface area (Å²) in [5, 5.41) is 0.935. The van der Waals surface area contributed by atoms with Gasteiger partial charge in [0.15, 0.2) is 5.75 Å². The lowest BCUT2D eigenvalue weighted by Gasteiger charge is -2.19. The number of nitrogens with zero attached hydrogens (tertiary/aromatic N) is 1. The number of aryl methyl sites for hydroxylation is 1. The van der Waals surface area contributed by atoms with Crippen LogP contribution in [0.5, 0.6) is 17.2 Å². The van der Waals surface area contributed by atoms with Crippen LogP contribution in [0.15, 0.2) is 23.0 Å². The molecule has 0 aliphatic rings. The largest absolute Gasteiger partial charge is 0.494 e. The van der Waals surface area contributed by atoms with Gasteiger partial charge in [-0.1, -0.05) is 105 Å². The second-order valence-electron chi connectivity index (χ2n) is 10.6. The summed E-state index contributed by atoms with van der Waals surface area (Å²) in [7, 11) is 0. The molecule has 2 aromatic rings. The van der Waals surface area contributed by atoms with Crippen LogP contribution in [0.25, 0.3) is 10.9 Å². The van der Waals surface area contributed by atoms with Gasteiger partial charge in [-0.05, 0) is 37.8 Å². The first-order valence-corrected chi connectivity index (χ1v) is 15.8. The first-order chi connectivity index (χ1) is 18.7. The van der Waals surface area contributed by atoms with Crippen molar-refractivity contribution in [1.82, 2.24) is 4.57 Å². The fraction of sp³-hybridized carbons (Fsp3) is 0.727. The van der Waals surface area contributed by atoms with E-state index in [0.717, 1.165) is 61.6 Å². The maximum Gasteiger partial charge on any atom is 0.297 e. The van der Waals surface area contributed by atoms with Crippen LogP contribution in [-0.2, 0) is 6.54 Å². The molecule has 1 aromatic heterocycles. The average Bonchev–Trinajstić information content (AvgIpc) is 2.93. The summed E-state index contributed by atoms with van der Waals surface area (Å²) in [5.74, 6) is 1.78. The molecule has 0 saturated carbocycles. The Bertz CT molecular complexity index is 952. The van der Waals surface area contributed by atoms with Gasteiger partial charge in [-0.3, -0.25) is 4.79 Å². The molecule has 38 heavy (non-hydrogen) atoms. The number of benzene rings is 1. The van der Waals surface area contributed by atoms with Gasteiger partial charge in [0.2, 0.25) is 5.75 Å². The molecule has 0 saturated heterocycles. The van der Waals surface area contributed by atoms with Crippen molar-refractivity contribution in [3.63, 3.8) is 0 Å². The van der Waals surface area contributed by atoms with Crippen LogP contribution in [0.2, 0.25) is 0 Å². The molecule has 5 nitrogen and oxygen atoms in total. The van der Waals surface area contributed by atoms with E-state index < -0.39 is 0 Å². The van der Waals surface area contributed by atoms with Crippen molar-refractivity contribution in [2.45, 2.75) is 137 Å². The fourth-order valence-corrected chi connectivity index (χ4v) is 4.72. The first kappa shape index (κ1) is 32.0. The lowest BCUT2D eigenvalue weighted by Crippen LogP contribution is -2.24. The minimum absolute atomic E-state index is 0.0817. The maximum absolute atomic E-state index is 13.8. The molecule has 0 fully saturated rings. The minimum Gasteiger partial charge on any atom is -0.494 e. The van der Waals surface area contributed by atoms with Crippen molar-refractivity contribution in [2.75, 3.05) is 19.8 Å². The van der Waals surface area contributed by atoms with Crippen molar-refractivity contribution in [1.29, 1.82) is 0 Å². The lowest BCUT2D eigenvalue weighted by molar-refractivity contribution is 0.259. The molecule has 5 heteroatoms. The summed E-state index contributed by atoms with van der Waals surface area (Å²) in [6, 6.07) is 6.10. The predicted molar refractivity (Wildman–Crippen MR) is 161 cm³/mol. The van der Waals surface area contributed by atoms with E-state index in [4.69, 9.17) is 14.2 Å². The Hall–Kier alpha value is -2.17. The number of hydrogen-bond acceptors (Lipinski definition) is 4. The Morgan fingerprint density at radius 3 is 1.74 bits per heavy atom. The van der Waals surface area contributed by atoms with Crippen LogP contribution in [0.1, 0.15) is 130 Å². The Labute approximate surface area is 232 Å². The second kappa shape index (κ2) is 19.8. The van der Waals surface area contributed by atoms with E-state index >= 15 is 0 Å². The van der Waals surface area contributed by atoms with E-state index in [1.165, 1.54) is 57.8 Å². The SMILES string of the molecule is CCCCCCCCOc1ccc2c(OCCCC)c(OCCCC)c(=O)n(CCCCCCCC)c2c1. The summed E-state index contributed by atoms with van der Waals surface area (Å²) in [6.45, 7) is 11.2. The normalized spacial score (nSPS) is 11.3. The van der Waals surface area contributed by atoms with Gasteiger partial charge >= 0.3 is 0 Å². The Morgan fingerprint density at radius 1 is 0.579 bits per heavy atom. The van der Waals surface area contributed by atoms with Crippen molar-refractivity contribution < 1.29 is 14.2 Å². The Morgan fingerprint density at radius 2 is 1.11 bits per heavy atom. The number of pyridine rings is 1. The summed E-state index contributed by atoms with van der Waals surface area (Å²) < 4.78 is 20.4. The molecule has 0 spiro atoms. The zero-order valence-electron chi connectivity index (χ0n) is 25.0. The second-order valence-corrected chi connectivity index (χ2v) is 10.6. The topological polar surface area (TPSA) is 49.7 Å². The van der Waals surface area contributed by atoms with Crippen LogP contribution >= 0.6 is 0 Å². The third-order valence-corrected chi connectivity index (χ3v) is 7.14. The van der Waals surface area contributed by atoms with Crippen molar-refractivity contribution in [3.8, 4) is 17.2 Å². The van der Waals surface area contributed by atoms with E-state index in [-0.39, 0.29) is 5.56 Å². The molecule has 0 N–H and O–H groups in total. The van der Waals surface area contributed by atoms with E-state index in [1.54, 1.807) is 0 Å². The van der Waals surface area contributed by atoms with Crippen molar-refractivity contribution in [3.05, 3.63) is 28.6 Å². The van der Waals surface area contributed by atoms with Gasteiger partial charge in [-0.25, -0.2) is 0 Å². The zero-order valence-corrected chi connectivity index (χ0v) is 25.0. The number of hydrogen-bond donors (Lipinski definition) is 0. The highest BCUT2D eigenvalue weighted by molar-refractivity contribution is 5.89.